The Bertz CT molecular complexity index is 525. The number of hydrogen-bond donors (Lipinski definition) is 1. The van der Waals surface area contributed by atoms with Crippen LogP contribution in [0, 0.1) is 16.7 Å². The molecular formula is C16H24ClN3O. The molecule has 21 heavy (non-hydrogen) atoms. The van der Waals surface area contributed by atoms with E-state index in [2.05, 4.69) is 24.8 Å². The summed E-state index contributed by atoms with van der Waals surface area (Å²) in [4.78, 5) is 2.42. The second-order valence-electron chi connectivity index (χ2n) is 6.24. The summed E-state index contributed by atoms with van der Waals surface area (Å²) in [5.41, 5.74) is 8.07. The van der Waals surface area contributed by atoms with Crippen LogP contribution in [-0.2, 0) is 6.54 Å². The van der Waals surface area contributed by atoms with Crippen LogP contribution in [-0.4, -0.2) is 31.1 Å². The van der Waals surface area contributed by atoms with E-state index in [1.807, 2.05) is 18.2 Å². The van der Waals surface area contributed by atoms with Gasteiger partial charge >= 0.3 is 0 Å². The van der Waals surface area contributed by atoms with Crippen molar-refractivity contribution in [2.75, 3.05) is 20.2 Å². The number of halogens is 1. The molecule has 0 spiro atoms. The molecule has 5 heteroatoms. The van der Waals surface area contributed by atoms with Gasteiger partial charge in [-0.15, -0.1) is 12.4 Å². The standard InChI is InChI=1S/C16H23N3O.ClH/c1-16(2)11-19(7-6-15(16)18)10-12-4-5-13(9-17)14(8-12)20-3;/h4-5,8,15H,6-7,10-11,18H2,1-3H3;1H. The van der Waals surface area contributed by atoms with Crippen LogP contribution in [0.2, 0.25) is 0 Å². The van der Waals surface area contributed by atoms with Crippen LogP contribution >= 0.6 is 12.4 Å². The molecule has 0 bridgehead atoms. The number of hydrogen-bond acceptors (Lipinski definition) is 4. The summed E-state index contributed by atoms with van der Waals surface area (Å²) < 4.78 is 5.26. The van der Waals surface area contributed by atoms with Crippen LogP contribution in [0.1, 0.15) is 31.4 Å². The average molecular weight is 310 g/mol. The first-order chi connectivity index (χ1) is 9.46. The summed E-state index contributed by atoms with van der Waals surface area (Å²) in [6, 6.07) is 8.20. The van der Waals surface area contributed by atoms with Crippen molar-refractivity contribution < 1.29 is 4.74 Å². The third-order valence-corrected chi connectivity index (χ3v) is 4.18. The first-order valence-electron chi connectivity index (χ1n) is 7.01. The zero-order valence-electron chi connectivity index (χ0n) is 12.9. The smallest absolute Gasteiger partial charge is 0.136 e. The van der Waals surface area contributed by atoms with Crippen molar-refractivity contribution in [3.8, 4) is 11.8 Å². The van der Waals surface area contributed by atoms with Gasteiger partial charge in [0.1, 0.15) is 11.8 Å². The second-order valence-corrected chi connectivity index (χ2v) is 6.24. The van der Waals surface area contributed by atoms with Crippen molar-refractivity contribution in [3.05, 3.63) is 29.3 Å². The Balaban J connectivity index is 0.00000220. The molecule has 116 valence electrons. The Morgan fingerprint density at radius 2 is 2.19 bits per heavy atom. The molecule has 1 aromatic rings. The minimum atomic E-state index is 0. The minimum absolute atomic E-state index is 0. The lowest BCUT2D eigenvalue weighted by Crippen LogP contribution is -2.52. The number of likely N-dealkylation sites (tertiary alicyclic amines) is 1. The number of nitrogens with zero attached hydrogens (tertiary/aromatic N) is 2. The highest BCUT2D eigenvalue weighted by Crippen LogP contribution is 2.29. The molecule has 2 rings (SSSR count). The third kappa shape index (κ3) is 4.10. The van der Waals surface area contributed by atoms with Gasteiger partial charge in [0.2, 0.25) is 0 Å². The molecule has 0 aliphatic carbocycles. The number of piperidine rings is 1. The van der Waals surface area contributed by atoms with Gasteiger partial charge < -0.3 is 10.5 Å². The van der Waals surface area contributed by atoms with Crippen LogP contribution in [0.3, 0.4) is 0 Å². The summed E-state index contributed by atoms with van der Waals surface area (Å²) in [6.07, 6.45) is 1.03. The van der Waals surface area contributed by atoms with E-state index in [1.54, 1.807) is 7.11 Å². The van der Waals surface area contributed by atoms with Crippen LogP contribution in [0.15, 0.2) is 18.2 Å². The van der Waals surface area contributed by atoms with Gasteiger partial charge in [0.15, 0.2) is 0 Å². The fraction of sp³-hybridized carbons (Fsp3) is 0.562. The van der Waals surface area contributed by atoms with E-state index < -0.39 is 0 Å². The van der Waals surface area contributed by atoms with E-state index in [0.29, 0.717) is 11.3 Å². The summed E-state index contributed by atoms with van der Waals surface area (Å²) in [7, 11) is 1.60. The average Bonchev–Trinajstić information content (AvgIpc) is 2.42. The molecule has 0 amide bonds. The molecule has 1 fully saturated rings. The summed E-state index contributed by atoms with van der Waals surface area (Å²) in [5, 5.41) is 9.01. The van der Waals surface area contributed by atoms with Gasteiger partial charge in [-0.25, -0.2) is 0 Å². The van der Waals surface area contributed by atoms with Crippen molar-refractivity contribution in [2.45, 2.75) is 32.9 Å². The first-order valence-corrected chi connectivity index (χ1v) is 7.01. The van der Waals surface area contributed by atoms with Gasteiger partial charge in [-0.1, -0.05) is 19.9 Å². The van der Waals surface area contributed by atoms with Gasteiger partial charge in [0.25, 0.3) is 0 Å². The minimum Gasteiger partial charge on any atom is -0.495 e. The molecular weight excluding hydrogens is 286 g/mol. The molecule has 1 heterocycles. The fourth-order valence-corrected chi connectivity index (χ4v) is 2.80. The molecule has 1 aromatic carbocycles. The number of nitrogens with two attached hydrogens (primary N) is 1. The lowest BCUT2D eigenvalue weighted by molar-refractivity contribution is 0.0898. The maximum absolute atomic E-state index is 9.01. The van der Waals surface area contributed by atoms with Crippen molar-refractivity contribution in [1.82, 2.24) is 4.90 Å². The van der Waals surface area contributed by atoms with Gasteiger partial charge in [0, 0.05) is 25.7 Å². The van der Waals surface area contributed by atoms with E-state index in [0.717, 1.165) is 26.1 Å². The quantitative estimate of drug-likeness (QED) is 0.932. The van der Waals surface area contributed by atoms with Gasteiger partial charge in [-0.05, 0) is 29.5 Å². The van der Waals surface area contributed by atoms with Gasteiger partial charge in [-0.3, -0.25) is 4.90 Å². The topological polar surface area (TPSA) is 62.3 Å². The van der Waals surface area contributed by atoms with E-state index in [1.165, 1.54) is 5.56 Å². The monoisotopic (exact) mass is 309 g/mol. The molecule has 4 nitrogen and oxygen atoms in total. The SMILES string of the molecule is COc1cc(CN2CCC(N)C(C)(C)C2)ccc1C#N.Cl. The predicted octanol–water partition coefficient (Wildman–Crippen LogP) is 2.55. The lowest BCUT2D eigenvalue weighted by Gasteiger charge is -2.42. The third-order valence-electron chi connectivity index (χ3n) is 4.18. The maximum atomic E-state index is 9.01. The zero-order valence-corrected chi connectivity index (χ0v) is 13.7. The Labute approximate surface area is 133 Å². The number of nitriles is 1. The van der Waals surface area contributed by atoms with Gasteiger partial charge in [-0.2, -0.15) is 5.26 Å². The Kier molecular flexibility index (Phi) is 6.03. The van der Waals surface area contributed by atoms with E-state index in [4.69, 9.17) is 15.7 Å². The maximum Gasteiger partial charge on any atom is 0.136 e. The molecule has 1 saturated heterocycles. The second kappa shape index (κ2) is 7.13. The highest BCUT2D eigenvalue weighted by Gasteiger charge is 2.33. The predicted molar refractivity (Wildman–Crippen MR) is 86.6 cm³/mol. The summed E-state index contributed by atoms with van der Waals surface area (Å²) in [6.45, 7) is 7.34. The van der Waals surface area contributed by atoms with Crippen molar-refractivity contribution in [1.29, 1.82) is 5.26 Å². The summed E-state index contributed by atoms with van der Waals surface area (Å²) >= 11 is 0. The van der Waals surface area contributed by atoms with E-state index >= 15 is 0 Å². The lowest BCUT2D eigenvalue weighted by atomic mass is 9.79. The molecule has 1 atom stereocenters. The molecule has 1 aliphatic heterocycles. The van der Waals surface area contributed by atoms with Crippen molar-refractivity contribution >= 4 is 12.4 Å². The summed E-state index contributed by atoms with van der Waals surface area (Å²) in [5.74, 6) is 0.651. The van der Waals surface area contributed by atoms with E-state index in [9.17, 15) is 0 Å². The van der Waals surface area contributed by atoms with E-state index in [-0.39, 0.29) is 23.9 Å². The molecule has 0 radical (unpaired) electrons. The fourth-order valence-electron chi connectivity index (χ4n) is 2.80. The largest absolute Gasteiger partial charge is 0.495 e. The Hall–Kier alpha value is -1.28. The normalized spacial score (nSPS) is 21.2. The Morgan fingerprint density at radius 1 is 1.48 bits per heavy atom. The zero-order chi connectivity index (χ0) is 14.8. The van der Waals surface area contributed by atoms with Crippen LogP contribution in [0.5, 0.6) is 5.75 Å². The van der Waals surface area contributed by atoms with Crippen molar-refractivity contribution in [2.24, 2.45) is 11.1 Å². The Morgan fingerprint density at radius 3 is 2.76 bits per heavy atom. The molecule has 2 N–H and O–H groups in total. The van der Waals surface area contributed by atoms with Crippen LogP contribution in [0.25, 0.3) is 0 Å². The number of ether oxygens (including phenoxy) is 1. The highest BCUT2D eigenvalue weighted by molar-refractivity contribution is 5.85. The molecule has 1 unspecified atom stereocenters. The number of methoxy groups -OCH3 is 1. The number of benzene rings is 1. The highest BCUT2D eigenvalue weighted by atomic mass is 35.5. The number of rotatable bonds is 3. The molecule has 0 saturated carbocycles. The molecule has 1 aliphatic rings. The van der Waals surface area contributed by atoms with Crippen LogP contribution in [0.4, 0.5) is 0 Å². The molecule has 0 aromatic heterocycles. The van der Waals surface area contributed by atoms with Gasteiger partial charge in [0.05, 0.1) is 12.7 Å². The first kappa shape index (κ1) is 17.8. The van der Waals surface area contributed by atoms with Crippen LogP contribution < -0.4 is 10.5 Å². The van der Waals surface area contributed by atoms with Crippen molar-refractivity contribution in [3.63, 3.8) is 0 Å².